The van der Waals surface area contributed by atoms with E-state index < -0.39 is 15.9 Å². The third-order valence-electron chi connectivity index (χ3n) is 5.99. The molecule has 0 spiro atoms. The Bertz CT molecular complexity index is 1260. The first-order valence-electron chi connectivity index (χ1n) is 11.2. The molecule has 10 nitrogen and oxygen atoms in total. The van der Waals surface area contributed by atoms with Crippen molar-refractivity contribution in [1.29, 1.82) is 0 Å². The van der Waals surface area contributed by atoms with Crippen LogP contribution in [0.5, 0.6) is 5.75 Å². The summed E-state index contributed by atoms with van der Waals surface area (Å²) in [5, 5.41) is 11.1. The molecule has 2 aromatic carbocycles. The number of ether oxygens (including phenoxy) is 2. The molecular weight excluding hydrogens is 458 g/mol. The van der Waals surface area contributed by atoms with Gasteiger partial charge in [-0.2, -0.15) is 4.31 Å². The fourth-order valence-electron chi connectivity index (χ4n) is 4.10. The highest BCUT2D eigenvalue weighted by atomic mass is 32.2. The Labute approximate surface area is 198 Å². The highest BCUT2D eigenvalue weighted by molar-refractivity contribution is 7.89. The van der Waals surface area contributed by atoms with Crippen LogP contribution in [0.3, 0.4) is 0 Å². The first-order chi connectivity index (χ1) is 16.4. The maximum Gasteiger partial charge on any atom is 0.243 e. The molecule has 1 fully saturated rings. The van der Waals surface area contributed by atoms with Crippen LogP contribution in [0.15, 0.2) is 47.4 Å². The first kappa shape index (κ1) is 24.1. The number of aromatic nitrogens is 3. The van der Waals surface area contributed by atoms with Crippen LogP contribution in [0.4, 0.5) is 0 Å². The number of methoxy groups -OCH3 is 2. The Hall–Kier alpha value is -3.02. The van der Waals surface area contributed by atoms with E-state index in [9.17, 15) is 13.2 Å². The zero-order chi connectivity index (χ0) is 24.1. The van der Waals surface area contributed by atoms with Gasteiger partial charge in [0, 0.05) is 26.7 Å². The average molecular weight is 488 g/mol. The summed E-state index contributed by atoms with van der Waals surface area (Å²) >= 11 is 0. The van der Waals surface area contributed by atoms with Crippen molar-refractivity contribution in [3.05, 3.63) is 48.0 Å². The number of hydrogen-bond acceptors (Lipinski definition) is 7. The van der Waals surface area contributed by atoms with Crippen LogP contribution in [0.2, 0.25) is 0 Å². The number of rotatable bonds is 9. The average Bonchev–Trinajstić information content (AvgIpc) is 3.28. The Kier molecular flexibility index (Phi) is 7.44. The lowest BCUT2D eigenvalue weighted by Gasteiger charge is -2.31. The number of carbonyl (C=O) groups excluding carboxylic acids is 1. The van der Waals surface area contributed by atoms with Gasteiger partial charge in [0.25, 0.3) is 0 Å². The van der Waals surface area contributed by atoms with Crippen molar-refractivity contribution in [2.24, 2.45) is 5.92 Å². The van der Waals surface area contributed by atoms with Crippen molar-refractivity contribution < 1.29 is 22.7 Å². The first-order valence-corrected chi connectivity index (χ1v) is 12.6. The number of carbonyl (C=O) groups is 1. The van der Waals surface area contributed by atoms with E-state index in [1.54, 1.807) is 31.0 Å². The molecule has 11 heteroatoms. The molecule has 1 aliphatic rings. The van der Waals surface area contributed by atoms with Gasteiger partial charge in [-0.1, -0.05) is 17.3 Å². The Morgan fingerprint density at radius 3 is 2.85 bits per heavy atom. The van der Waals surface area contributed by atoms with Crippen LogP contribution in [-0.4, -0.2) is 67.5 Å². The zero-order valence-corrected chi connectivity index (χ0v) is 20.1. The Morgan fingerprint density at radius 2 is 2.06 bits per heavy atom. The maximum atomic E-state index is 13.3. The lowest BCUT2D eigenvalue weighted by molar-refractivity contribution is -0.126. The monoisotopic (exact) mass is 487 g/mol. The maximum absolute atomic E-state index is 13.3. The fraction of sp³-hybridized carbons (Fsp3) is 0.435. The molecule has 0 bridgehead atoms. The van der Waals surface area contributed by atoms with Gasteiger partial charge in [0.2, 0.25) is 15.9 Å². The SMILES string of the molecule is COCCn1nnc2cc(S(=O)(=O)N3CCCC(C(=O)NCc4cccc(OC)c4)C3)ccc21. The number of benzene rings is 2. The molecule has 3 aromatic rings. The van der Waals surface area contributed by atoms with E-state index >= 15 is 0 Å². The molecule has 0 aliphatic carbocycles. The highest BCUT2D eigenvalue weighted by Crippen LogP contribution is 2.26. The topological polar surface area (TPSA) is 116 Å². The molecule has 182 valence electrons. The number of piperidine rings is 1. The lowest BCUT2D eigenvalue weighted by Crippen LogP contribution is -2.45. The van der Waals surface area contributed by atoms with Gasteiger partial charge in [0.15, 0.2) is 0 Å². The summed E-state index contributed by atoms with van der Waals surface area (Å²) in [6.07, 6.45) is 1.26. The molecule has 1 unspecified atom stereocenters. The normalized spacial score (nSPS) is 17.1. The van der Waals surface area contributed by atoms with Crippen molar-refractivity contribution in [2.75, 3.05) is 33.9 Å². The van der Waals surface area contributed by atoms with Gasteiger partial charge in [0.05, 0.1) is 36.6 Å². The standard InChI is InChI=1S/C23H29N5O5S/c1-32-12-11-28-22-9-8-20(14-21(22)25-26-28)34(30,31)27-10-4-6-18(16-27)23(29)24-15-17-5-3-7-19(13-17)33-2/h3,5,7-9,13-14,18H,4,6,10-12,15-16H2,1-2H3,(H,24,29). The highest BCUT2D eigenvalue weighted by Gasteiger charge is 2.33. The summed E-state index contributed by atoms with van der Waals surface area (Å²) in [5.41, 5.74) is 2.16. The van der Waals surface area contributed by atoms with E-state index in [0.717, 1.165) is 16.8 Å². The van der Waals surface area contributed by atoms with Gasteiger partial charge >= 0.3 is 0 Å². The third-order valence-corrected chi connectivity index (χ3v) is 7.85. The smallest absolute Gasteiger partial charge is 0.243 e. The van der Waals surface area contributed by atoms with Crippen LogP contribution in [0, 0.1) is 5.92 Å². The molecule has 1 amide bonds. The second-order valence-corrected chi connectivity index (χ2v) is 10.2. The molecule has 1 aromatic heterocycles. The largest absolute Gasteiger partial charge is 0.497 e. The molecular formula is C23H29N5O5S. The summed E-state index contributed by atoms with van der Waals surface area (Å²) < 4.78 is 40.0. The Balaban J connectivity index is 1.43. The van der Waals surface area contributed by atoms with E-state index in [0.29, 0.717) is 44.6 Å². The van der Waals surface area contributed by atoms with Crippen molar-refractivity contribution in [3.8, 4) is 5.75 Å². The summed E-state index contributed by atoms with van der Waals surface area (Å²) in [7, 11) is -0.569. The van der Waals surface area contributed by atoms with Crippen LogP contribution >= 0.6 is 0 Å². The number of sulfonamides is 1. The molecule has 4 rings (SSSR count). The molecule has 34 heavy (non-hydrogen) atoms. The van der Waals surface area contributed by atoms with E-state index in [2.05, 4.69) is 15.6 Å². The van der Waals surface area contributed by atoms with E-state index in [4.69, 9.17) is 9.47 Å². The van der Waals surface area contributed by atoms with Gasteiger partial charge in [0.1, 0.15) is 11.3 Å². The van der Waals surface area contributed by atoms with Gasteiger partial charge < -0.3 is 14.8 Å². The number of fused-ring (bicyclic) bond motifs is 1. The van der Waals surface area contributed by atoms with Crippen molar-refractivity contribution in [3.63, 3.8) is 0 Å². The minimum absolute atomic E-state index is 0.144. The second-order valence-electron chi connectivity index (χ2n) is 8.23. The zero-order valence-electron chi connectivity index (χ0n) is 19.3. The van der Waals surface area contributed by atoms with Crippen molar-refractivity contribution in [1.82, 2.24) is 24.6 Å². The van der Waals surface area contributed by atoms with Crippen LogP contribution in [0.25, 0.3) is 11.0 Å². The van der Waals surface area contributed by atoms with Crippen LogP contribution in [0.1, 0.15) is 18.4 Å². The van der Waals surface area contributed by atoms with Gasteiger partial charge in [-0.3, -0.25) is 4.79 Å². The predicted octanol–water partition coefficient (Wildman–Crippen LogP) is 1.80. The van der Waals surface area contributed by atoms with E-state index in [1.165, 1.54) is 10.4 Å². The molecule has 0 saturated carbocycles. The fourth-order valence-corrected chi connectivity index (χ4v) is 5.64. The number of nitrogens with one attached hydrogen (secondary N) is 1. The predicted molar refractivity (Wildman–Crippen MR) is 126 cm³/mol. The number of hydrogen-bond donors (Lipinski definition) is 1. The third kappa shape index (κ3) is 5.21. The molecule has 1 N–H and O–H groups in total. The quantitative estimate of drug-likeness (QED) is 0.489. The molecule has 1 atom stereocenters. The minimum Gasteiger partial charge on any atom is -0.497 e. The van der Waals surface area contributed by atoms with Crippen LogP contribution < -0.4 is 10.1 Å². The van der Waals surface area contributed by atoms with Gasteiger partial charge in [-0.25, -0.2) is 13.1 Å². The molecule has 1 aliphatic heterocycles. The Morgan fingerprint density at radius 1 is 1.21 bits per heavy atom. The van der Waals surface area contributed by atoms with Crippen molar-refractivity contribution in [2.45, 2.75) is 30.8 Å². The molecule has 1 saturated heterocycles. The lowest BCUT2D eigenvalue weighted by atomic mass is 9.99. The van der Waals surface area contributed by atoms with Gasteiger partial charge in [-0.05, 0) is 48.7 Å². The molecule has 2 heterocycles. The number of nitrogens with zero attached hydrogens (tertiary/aromatic N) is 4. The second kappa shape index (κ2) is 10.5. The van der Waals surface area contributed by atoms with E-state index in [1.807, 2.05) is 24.3 Å². The van der Waals surface area contributed by atoms with Crippen molar-refractivity contribution >= 4 is 27.0 Å². The summed E-state index contributed by atoms with van der Waals surface area (Å²) in [5.74, 6) is 0.157. The summed E-state index contributed by atoms with van der Waals surface area (Å²) in [6.45, 7) is 1.88. The number of amides is 1. The summed E-state index contributed by atoms with van der Waals surface area (Å²) in [6, 6.07) is 12.3. The van der Waals surface area contributed by atoms with Crippen LogP contribution in [-0.2, 0) is 32.6 Å². The van der Waals surface area contributed by atoms with E-state index in [-0.39, 0.29) is 17.3 Å². The van der Waals surface area contributed by atoms with Gasteiger partial charge in [-0.15, -0.1) is 5.10 Å². The summed E-state index contributed by atoms with van der Waals surface area (Å²) in [4.78, 5) is 13.0. The minimum atomic E-state index is -3.77. The molecule has 0 radical (unpaired) electrons.